The Labute approximate surface area is 190 Å². The molecule has 0 fully saturated rings. The number of ether oxygens (including phenoxy) is 2. The van der Waals surface area contributed by atoms with E-state index in [4.69, 9.17) is 9.47 Å². The fourth-order valence-corrected chi connectivity index (χ4v) is 4.46. The van der Waals surface area contributed by atoms with Crippen molar-refractivity contribution in [1.82, 2.24) is 9.55 Å². The molecule has 1 amide bonds. The normalized spacial score (nSPS) is 11.2. The van der Waals surface area contributed by atoms with Crippen LogP contribution in [0.25, 0.3) is 10.2 Å². The van der Waals surface area contributed by atoms with Gasteiger partial charge in [0.25, 0.3) is 5.56 Å². The van der Waals surface area contributed by atoms with Crippen molar-refractivity contribution in [2.45, 2.75) is 40.2 Å². The Bertz CT molecular complexity index is 1210. The van der Waals surface area contributed by atoms with Crippen LogP contribution in [0, 0.1) is 13.8 Å². The molecule has 32 heavy (non-hydrogen) atoms. The average Bonchev–Trinajstić information content (AvgIpc) is 3.08. The van der Waals surface area contributed by atoms with E-state index in [0.29, 0.717) is 20.7 Å². The van der Waals surface area contributed by atoms with Gasteiger partial charge in [0.15, 0.2) is 0 Å². The molecule has 0 unspecified atom stereocenters. The lowest BCUT2D eigenvalue weighted by molar-refractivity contribution is -0.116. The molecule has 0 spiro atoms. The number of hydrogen-bond acceptors (Lipinski definition) is 7. The highest BCUT2D eigenvalue weighted by atomic mass is 32.1. The number of carbonyl (C=O) groups excluding carboxylic acids is 2. The molecule has 0 aliphatic carbocycles. The van der Waals surface area contributed by atoms with Crippen LogP contribution in [0.4, 0.5) is 5.69 Å². The van der Waals surface area contributed by atoms with Crippen LogP contribution in [0.2, 0.25) is 0 Å². The molecule has 3 rings (SSSR count). The zero-order valence-corrected chi connectivity index (χ0v) is 19.7. The fraction of sp³-hybridized carbons (Fsp3) is 0.391. The minimum absolute atomic E-state index is 0.123. The Balaban J connectivity index is 1.85. The monoisotopic (exact) mass is 457 g/mol. The third kappa shape index (κ3) is 4.89. The van der Waals surface area contributed by atoms with E-state index in [1.165, 1.54) is 18.0 Å². The van der Waals surface area contributed by atoms with Gasteiger partial charge in [0.1, 0.15) is 22.9 Å². The molecule has 8 nitrogen and oxygen atoms in total. The first-order valence-electron chi connectivity index (χ1n) is 10.3. The zero-order valence-electron chi connectivity index (χ0n) is 18.9. The Morgan fingerprint density at radius 2 is 1.97 bits per heavy atom. The van der Waals surface area contributed by atoms with Gasteiger partial charge < -0.3 is 14.8 Å². The van der Waals surface area contributed by atoms with E-state index in [1.807, 2.05) is 25.1 Å². The summed E-state index contributed by atoms with van der Waals surface area (Å²) in [5.41, 5.74) is 2.88. The van der Waals surface area contributed by atoms with Gasteiger partial charge in [0.2, 0.25) is 5.91 Å². The summed E-state index contributed by atoms with van der Waals surface area (Å²) < 4.78 is 11.3. The summed E-state index contributed by atoms with van der Waals surface area (Å²) in [6, 6.07) is 5.87. The first-order valence-corrected chi connectivity index (χ1v) is 11.1. The highest BCUT2D eigenvalue weighted by Crippen LogP contribution is 2.28. The minimum atomic E-state index is -0.521. The zero-order chi connectivity index (χ0) is 23.4. The Morgan fingerprint density at radius 1 is 1.22 bits per heavy atom. The number of benzene rings is 1. The van der Waals surface area contributed by atoms with E-state index in [1.54, 1.807) is 6.92 Å². The van der Waals surface area contributed by atoms with Gasteiger partial charge in [-0.1, -0.05) is 32.0 Å². The summed E-state index contributed by atoms with van der Waals surface area (Å²) in [5.74, 6) is -0.606. The van der Waals surface area contributed by atoms with Gasteiger partial charge in [-0.2, -0.15) is 0 Å². The van der Waals surface area contributed by atoms with Gasteiger partial charge in [0, 0.05) is 12.8 Å². The molecular formula is C23H27N3O5S. The molecule has 2 heterocycles. The molecule has 0 aliphatic rings. The van der Waals surface area contributed by atoms with Crippen molar-refractivity contribution in [1.29, 1.82) is 0 Å². The third-order valence-corrected chi connectivity index (χ3v) is 6.31. The van der Waals surface area contributed by atoms with Crippen molar-refractivity contribution in [2.24, 2.45) is 0 Å². The number of hydrogen-bond donors (Lipinski definition) is 1. The first kappa shape index (κ1) is 23.6. The lowest BCUT2D eigenvalue weighted by Crippen LogP contribution is -2.28. The van der Waals surface area contributed by atoms with Crippen LogP contribution in [-0.2, 0) is 20.8 Å². The quantitative estimate of drug-likeness (QED) is 0.410. The second-order valence-electron chi connectivity index (χ2n) is 7.78. The van der Waals surface area contributed by atoms with Gasteiger partial charge in [-0.25, -0.2) is 9.78 Å². The largest absolute Gasteiger partial charge is 0.459 e. The number of rotatable bonds is 8. The molecule has 0 radical (unpaired) electrons. The highest BCUT2D eigenvalue weighted by Gasteiger charge is 2.21. The summed E-state index contributed by atoms with van der Waals surface area (Å²) >= 11 is 1.10. The van der Waals surface area contributed by atoms with Crippen LogP contribution in [0.15, 0.2) is 29.3 Å². The number of fused-ring (bicyclic) bond motifs is 1. The van der Waals surface area contributed by atoms with Crippen LogP contribution >= 0.6 is 11.3 Å². The van der Waals surface area contributed by atoms with Crippen molar-refractivity contribution in [3.8, 4) is 0 Å². The Kier molecular flexibility index (Phi) is 7.42. The standard InChI is InChI=1S/C23H27N3O5S/c1-13(2)16-8-6-7-14(3)19(16)25-17(27)11-26-12-24-21-18(22(26)28)15(4)20(32-21)23(29)31-10-9-30-5/h6-8,12-13H,9-11H2,1-5H3,(H,25,27). The molecule has 170 valence electrons. The molecule has 9 heteroatoms. The van der Waals surface area contributed by atoms with Crippen LogP contribution in [0.3, 0.4) is 0 Å². The maximum atomic E-state index is 13.1. The number of carbonyl (C=O) groups is 2. The lowest BCUT2D eigenvalue weighted by atomic mass is 9.98. The van der Waals surface area contributed by atoms with Crippen molar-refractivity contribution in [3.63, 3.8) is 0 Å². The summed E-state index contributed by atoms with van der Waals surface area (Å²) in [5, 5.41) is 3.26. The van der Waals surface area contributed by atoms with E-state index in [9.17, 15) is 14.4 Å². The van der Waals surface area contributed by atoms with Crippen LogP contribution < -0.4 is 10.9 Å². The maximum absolute atomic E-state index is 13.1. The average molecular weight is 458 g/mol. The number of para-hydroxylation sites is 1. The summed E-state index contributed by atoms with van der Waals surface area (Å²) in [4.78, 5) is 43.2. The van der Waals surface area contributed by atoms with Gasteiger partial charge in [-0.05, 0) is 36.5 Å². The molecule has 0 saturated heterocycles. The van der Waals surface area contributed by atoms with Gasteiger partial charge in [0.05, 0.1) is 18.3 Å². The topological polar surface area (TPSA) is 99.5 Å². The molecule has 1 N–H and O–H groups in total. The number of thiophene rings is 1. The maximum Gasteiger partial charge on any atom is 0.348 e. The SMILES string of the molecule is COCCOC(=O)c1sc2ncn(CC(=O)Nc3c(C)cccc3C(C)C)c(=O)c2c1C. The minimum Gasteiger partial charge on any atom is -0.459 e. The summed E-state index contributed by atoms with van der Waals surface area (Å²) in [7, 11) is 1.52. The van der Waals surface area contributed by atoms with Crippen LogP contribution in [0.5, 0.6) is 0 Å². The van der Waals surface area contributed by atoms with E-state index >= 15 is 0 Å². The molecule has 0 aliphatic heterocycles. The lowest BCUT2D eigenvalue weighted by Gasteiger charge is -2.16. The number of methoxy groups -OCH3 is 1. The number of nitrogens with one attached hydrogen (secondary N) is 1. The Hall–Kier alpha value is -3.04. The number of anilines is 1. The predicted octanol–water partition coefficient (Wildman–Crippen LogP) is 3.64. The number of aryl methyl sites for hydroxylation is 2. The van der Waals surface area contributed by atoms with Crippen molar-refractivity contribution in [2.75, 3.05) is 25.6 Å². The molecule has 0 atom stereocenters. The second kappa shape index (κ2) is 10.1. The van der Waals surface area contributed by atoms with Crippen LogP contribution in [0.1, 0.15) is 46.1 Å². The van der Waals surface area contributed by atoms with E-state index in [-0.39, 0.29) is 37.1 Å². The van der Waals surface area contributed by atoms with Crippen molar-refractivity contribution >= 4 is 39.1 Å². The van der Waals surface area contributed by atoms with Gasteiger partial charge in [-0.15, -0.1) is 11.3 Å². The summed E-state index contributed by atoms with van der Waals surface area (Å²) in [6.45, 7) is 7.96. The summed E-state index contributed by atoms with van der Waals surface area (Å²) in [6.07, 6.45) is 1.33. The van der Waals surface area contributed by atoms with E-state index in [0.717, 1.165) is 28.2 Å². The first-order chi connectivity index (χ1) is 15.2. The number of aromatic nitrogens is 2. The fourth-order valence-electron chi connectivity index (χ4n) is 3.43. The van der Waals surface area contributed by atoms with Crippen molar-refractivity contribution in [3.05, 3.63) is 56.4 Å². The highest BCUT2D eigenvalue weighted by molar-refractivity contribution is 7.20. The second-order valence-corrected chi connectivity index (χ2v) is 8.78. The Morgan fingerprint density at radius 3 is 2.66 bits per heavy atom. The molecule has 0 saturated carbocycles. The molecule has 0 bridgehead atoms. The van der Waals surface area contributed by atoms with Gasteiger partial charge in [-0.3, -0.25) is 14.2 Å². The smallest absolute Gasteiger partial charge is 0.348 e. The number of esters is 1. The van der Waals surface area contributed by atoms with E-state index < -0.39 is 5.97 Å². The molecule has 3 aromatic rings. The van der Waals surface area contributed by atoms with E-state index in [2.05, 4.69) is 24.1 Å². The number of amides is 1. The van der Waals surface area contributed by atoms with Crippen molar-refractivity contribution < 1.29 is 19.1 Å². The molecular weight excluding hydrogens is 430 g/mol. The number of nitrogens with zero attached hydrogens (tertiary/aromatic N) is 2. The molecule has 2 aromatic heterocycles. The van der Waals surface area contributed by atoms with Gasteiger partial charge >= 0.3 is 5.97 Å². The molecule has 1 aromatic carbocycles. The van der Waals surface area contributed by atoms with Crippen LogP contribution in [-0.4, -0.2) is 41.8 Å². The predicted molar refractivity (Wildman–Crippen MR) is 125 cm³/mol. The third-order valence-electron chi connectivity index (χ3n) is 5.13.